The van der Waals surface area contributed by atoms with Gasteiger partial charge in [-0.05, 0) is 130 Å². The number of aromatic nitrogens is 2. The van der Waals surface area contributed by atoms with Gasteiger partial charge in [-0.3, -0.25) is 77.3 Å². The maximum atomic E-state index is 15.3. The van der Waals surface area contributed by atoms with Crippen molar-refractivity contribution in [2.75, 3.05) is 26.2 Å². The van der Waals surface area contributed by atoms with Gasteiger partial charge in [0.2, 0.25) is 76.8 Å². The topological polar surface area (TPSA) is 683 Å². The number of carbonyl (C=O) groups is 13. The fourth-order valence-corrected chi connectivity index (χ4v) is 13.0. The summed E-state index contributed by atoms with van der Waals surface area (Å²) in [5.41, 5.74) is 59.2. The van der Waals surface area contributed by atoms with Gasteiger partial charge < -0.3 is 126 Å². The first-order valence-electron chi connectivity index (χ1n) is 40.4. The number of hydrogen-bond donors (Lipinski definition) is 23. The number of amides is 13. The third kappa shape index (κ3) is 33.2. The van der Waals surface area contributed by atoms with Crippen LogP contribution < -0.4 is 116 Å². The van der Waals surface area contributed by atoms with Crippen molar-refractivity contribution < 1.29 is 62.3 Å². The molecular formula is C79H130N26O13. The molecule has 2 heterocycles. The Kier molecular flexibility index (Phi) is 41.9. The van der Waals surface area contributed by atoms with Crippen molar-refractivity contribution in [3.63, 3.8) is 0 Å². The number of nitrogens with two attached hydrogens (primary N) is 10. The first-order chi connectivity index (χ1) is 55.8. The number of para-hydroxylation sites is 2. The Balaban J connectivity index is 1.73. The molecule has 13 amide bonds. The summed E-state index contributed by atoms with van der Waals surface area (Å²) < 4.78 is 0. The zero-order valence-corrected chi connectivity index (χ0v) is 69.7. The largest absolute Gasteiger partial charge is 0.370 e. The third-order valence-electron chi connectivity index (χ3n) is 20.3. The highest BCUT2D eigenvalue weighted by Gasteiger charge is 2.40. The molecule has 2 aromatic heterocycles. The Bertz CT molecular complexity index is 4090. The predicted molar refractivity (Wildman–Crippen MR) is 452 cm³/mol. The van der Waals surface area contributed by atoms with Gasteiger partial charge >= 0.3 is 0 Å². The molecule has 2 aromatic carbocycles. The zero-order valence-electron chi connectivity index (χ0n) is 69.7. The maximum absolute atomic E-state index is 15.3. The highest BCUT2D eigenvalue weighted by atomic mass is 16.2. The van der Waals surface area contributed by atoms with Crippen LogP contribution in [-0.4, -0.2) is 203 Å². The number of hydrogen-bond acceptors (Lipinski definition) is 18. The summed E-state index contributed by atoms with van der Waals surface area (Å²) >= 11 is 0. The normalized spacial score (nSPS) is 14.9. The lowest BCUT2D eigenvalue weighted by molar-refractivity contribution is -0.137. The number of carbonyl (C=O) groups excluding carboxylic acids is 13. The number of primary amides is 2. The van der Waals surface area contributed by atoms with E-state index in [0.717, 1.165) is 0 Å². The van der Waals surface area contributed by atoms with E-state index in [1.807, 2.05) is 12.1 Å². The molecule has 0 fully saturated rings. The van der Waals surface area contributed by atoms with Crippen molar-refractivity contribution in [1.82, 2.24) is 68.5 Å². The SMILES string of the molecule is CCC(C)C(NC(=O)C(CCCN=C(N)N)NC(=O)C(Cc1c[nH]c2ccccc12)NC(=O)C(NC(=O)C(NC(=O)C(CC(C)C)NC(=O)C(Cc1c[nH]c2ccccc12)NC(=O)C(CCCN=C(N)N)NC(=O)C(CCC(N)=O)NC(=O)C(N)C(C)C)C(C)CC)C(C)C)C(=O)NC(CCCN=C(N)N)C(=O)NC(CCCCN)C(N)=O. The highest BCUT2D eigenvalue weighted by molar-refractivity contribution is 6.01. The molecular weight excluding hydrogens is 1520 g/mol. The molecule has 33 N–H and O–H groups in total. The average Bonchev–Trinajstić information content (AvgIpc) is 1.57. The average molecular weight is 1650 g/mol. The van der Waals surface area contributed by atoms with Crippen LogP contribution in [0.4, 0.5) is 0 Å². The van der Waals surface area contributed by atoms with Gasteiger partial charge in [0, 0.05) is 73.1 Å². The fraction of sp³-hybridized carbons (Fsp3) is 0.595. The van der Waals surface area contributed by atoms with Crippen molar-refractivity contribution in [3.05, 3.63) is 72.1 Å². The lowest BCUT2D eigenvalue weighted by atomic mass is 9.95. The number of nitrogens with one attached hydrogen (secondary N) is 13. The number of fused-ring (bicyclic) bond motifs is 2. The van der Waals surface area contributed by atoms with Crippen molar-refractivity contribution in [2.24, 2.45) is 102 Å². The monoisotopic (exact) mass is 1650 g/mol. The summed E-state index contributed by atoms with van der Waals surface area (Å²) in [4.78, 5) is 205. The summed E-state index contributed by atoms with van der Waals surface area (Å²) in [6.07, 6.45) is 4.26. The molecule has 0 saturated carbocycles. The first-order valence-corrected chi connectivity index (χ1v) is 40.4. The summed E-state index contributed by atoms with van der Waals surface area (Å²) in [5, 5.41) is 31.8. The number of guanidine groups is 3. The van der Waals surface area contributed by atoms with Crippen molar-refractivity contribution in [1.29, 1.82) is 0 Å². The summed E-state index contributed by atoms with van der Waals surface area (Å²) in [6, 6.07) is -1.86. The van der Waals surface area contributed by atoms with Crippen LogP contribution in [0.2, 0.25) is 0 Å². The Morgan fingerprint density at radius 1 is 0.373 bits per heavy atom. The van der Waals surface area contributed by atoms with Crippen LogP contribution in [0.1, 0.15) is 170 Å². The lowest BCUT2D eigenvalue weighted by Crippen LogP contribution is -2.62. The van der Waals surface area contributed by atoms with Gasteiger partial charge in [-0.15, -0.1) is 0 Å². The Labute approximate surface area is 688 Å². The minimum absolute atomic E-state index is 0.00419. The zero-order chi connectivity index (χ0) is 88.0. The molecule has 0 bridgehead atoms. The van der Waals surface area contributed by atoms with E-state index in [4.69, 9.17) is 57.3 Å². The molecule has 0 aliphatic heterocycles. The second-order valence-electron chi connectivity index (χ2n) is 31.0. The van der Waals surface area contributed by atoms with Crippen LogP contribution in [0, 0.1) is 29.6 Å². The second kappa shape index (κ2) is 50.1. The van der Waals surface area contributed by atoms with E-state index >= 15 is 24.0 Å². The molecule has 0 radical (unpaired) electrons. The van der Waals surface area contributed by atoms with E-state index < -0.39 is 167 Å². The molecule has 39 nitrogen and oxygen atoms in total. The number of unbranched alkanes of at least 4 members (excludes halogenated alkanes) is 1. The molecule has 118 heavy (non-hydrogen) atoms. The van der Waals surface area contributed by atoms with E-state index in [9.17, 15) is 38.4 Å². The first kappa shape index (κ1) is 98.7. The number of nitrogens with zero attached hydrogens (tertiary/aromatic N) is 3. The lowest BCUT2D eigenvalue weighted by Gasteiger charge is -2.31. The smallest absolute Gasteiger partial charge is 0.243 e. The number of rotatable bonds is 54. The van der Waals surface area contributed by atoms with Gasteiger partial charge in [-0.2, -0.15) is 0 Å². The van der Waals surface area contributed by atoms with Crippen LogP contribution in [0.5, 0.6) is 0 Å². The van der Waals surface area contributed by atoms with Crippen LogP contribution in [-0.2, 0) is 75.2 Å². The maximum Gasteiger partial charge on any atom is 0.243 e. The van der Waals surface area contributed by atoms with Gasteiger partial charge in [-0.1, -0.05) is 118 Å². The summed E-state index contributed by atoms with van der Waals surface area (Å²) in [6.45, 7) is 17.7. The highest BCUT2D eigenvalue weighted by Crippen LogP contribution is 2.23. The number of H-pyrrole nitrogens is 2. The van der Waals surface area contributed by atoms with Crippen molar-refractivity contribution >= 4 is 116 Å². The van der Waals surface area contributed by atoms with Gasteiger partial charge in [-0.25, -0.2) is 0 Å². The molecule has 4 rings (SSSR count). The Morgan fingerprint density at radius 3 is 1.09 bits per heavy atom. The quantitative estimate of drug-likeness (QED) is 0.0124. The van der Waals surface area contributed by atoms with Crippen molar-refractivity contribution in [2.45, 2.75) is 244 Å². The minimum Gasteiger partial charge on any atom is -0.370 e. The molecule has 654 valence electrons. The van der Waals surface area contributed by atoms with Crippen LogP contribution in [0.25, 0.3) is 21.8 Å². The summed E-state index contributed by atoms with van der Waals surface area (Å²) in [5.74, 6) is -13.9. The van der Waals surface area contributed by atoms with Crippen LogP contribution in [0.15, 0.2) is 75.9 Å². The second-order valence-corrected chi connectivity index (χ2v) is 31.0. The van der Waals surface area contributed by atoms with Crippen LogP contribution >= 0.6 is 0 Å². The predicted octanol–water partition coefficient (Wildman–Crippen LogP) is -2.41. The number of aliphatic imine (C=N–C) groups is 3. The molecule has 0 aliphatic carbocycles. The van der Waals surface area contributed by atoms with E-state index in [2.05, 4.69) is 83.4 Å². The summed E-state index contributed by atoms with van der Waals surface area (Å²) in [7, 11) is 0. The molecule has 14 atom stereocenters. The number of benzene rings is 2. The van der Waals surface area contributed by atoms with Gasteiger partial charge in [0.25, 0.3) is 0 Å². The van der Waals surface area contributed by atoms with E-state index in [-0.39, 0.29) is 126 Å². The van der Waals surface area contributed by atoms with Gasteiger partial charge in [0.05, 0.1) is 6.04 Å². The fourth-order valence-electron chi connectivity index (χ4n) is 13.0. The molecule has 0 aliphatic rings. The van der Waals surface area contributed by atoms with Gasteiger partial charge in [0.1, 0.15) is 66.5 Å². The Morgan fingerprint density at radius 2 is 0.703 bits per heavy atom. The third-order valence-corrected chi connectivity index (χ3v) is 20.3. The van der Waals surface area contributed by atoms with E-state index in [0.29, 0.717) is 65.2 Å². The van der Waals surface area contributed by atoms with E-state index in [1.165, 1.54) is 0 Å². The molecule has 0 spiro atoms. The standard InChI is InChI=1S/C79H130N26O13/c1-11-44(9)63(75(117)99-54(28-20-34-91-78(86)87)66(108)95-52(65(83)107)26-17-18-32-80)104-69(111)55(29-21-35-92-79(88)89)97-70(112)59(38-47-40-94-51-25-16-14-23-49(47)51)102-74(116)62(43(7)8)103-76(118)64(45(10)12-2)105-72(114)57(36-41(3)4)100-71(113)58(37-46-39-93-50-24-15-13-22-48(46)50)101-67(109)53(27-19-33-90-77(84)85)96-68(110)56(30-31-60(81)106)98-73(115)61(82)42(5)6/h13-16,22-25,39-45,52-59,61-64,93-94H,11-12,17-21,26-38,80,82H2,1-10H3,(H2,81,106)(H2,83,107)(H,95,108)(H,96,110)(H,97,112)(H,98,115)(H,99,117)(H,100,113)(H,101,109)(H,102,116)(H,103,118)(H,104,111)(H,105,114)(H4,84,85,90)(H4,86,87,91)(H4,88,89,92). The molecule has 0 saturated heterocycles. The molecule has 4 aromatic rings. The van der Waals surface area contributed by atoms with Gasteiger partial charge in [0.15, 0.2) is 17.9 Å². The van der Waals surface area contributed by atoms with E-state index in [1.54, 1.807) is 118 Å². The Hall–Kier alpha value is -11.6. The van der Waals surface area contributed by atoms with Crippen LogP contribution in [0.3, 0.4) is 0 Å². The molecule has 39 heteroatoms. The minimum atomic E-state index is -1.50. The number of aromatic amines is 2. The molecule has 14 unspecified atom stereocenters. The van der Waals surface area contributed by atoms with Crippen molar-refractivity contribution in [3.8, 4) is 0 Å².